The number of amides is 1. The van der Waals surface area contributed by atoms with Crippen LogP contribution < -0.4 is 5.32 Å². The molecule has 2 aromatic rings. The molecule has 0 saturated carbocycles. The van der Waals surface area contributed by atoms with Gasteiger partial charge < -0.3 is 10.1 Å². The number of nitrogens with one attached hydrogen (secondary N) is 1. The van der Waals surface area contributed by atoms with Gasteiger partial charge in [0, 0.05) is 10.4 Å². The van der Waals surface area contributed by atoms with Crippen LogP contribution in [0.15, 0.2) is 58.1 Å². The largest absolute Gasteiger partial charge is 0.466 e. The third kappa shape index (κ3) is 2.75. The number of carbonyl (C=O) groups is 2. The van der Waals surface area contributed by atoms with Crippen LogP contribution in [0.4, 0.5) is 0 Å². The van der Waals surface area contributed by atoms with Gasteiger partial charge in [-0.3, -0.25) is 4.79 Å². The summed E-state index contributed by atoms with van der Waals surface area (Å²) in [5.74, 6) is -1.39. The number of ether oxygens (including phenoxy) is 1. The zero-order valence-corrected chi connectivity index (χ0v) is 13.2. The summed E-state index contributed by atoms with van der Waals surface area (Å²) in [7, 11) is 1.28. The summed E-state index contributed by atoms with van der Waals surface area (Å²) in [6.07, 6.45) is 0. The van der Waals surface area contributed by atoms with E-state index >= 15 is 0 Å². The summed E-state index contributed by atoms with van der Waals surface area (Å²) in [6.45, 7) is 0.324. The number of rotatable bonds is 4. The first-order valence-electron chi connectivity index (χ1n) is 7.05. The third-order valence-corrected chi connectivity index (χ3v) is 4.71. The standard InChI is InChI=1S/C16H15N3O3S/c1-22-15(21)16(18-14(20)11-6-3-2-4-7-11)12(10-17-19-16)13-8-5-9-23-13/h2-9,12H,10H2,1H3,(H,18,20)/t12-,16+/m0/s1. The molecule has 7 heteroatoms. The Morgan fingerprint density at radius 3 is 2.70 bits per heavy atom. The van der Waals surface area contributed by atoms with Crippen LogP contribution in [-0.4, -0.2) is 31.2 Å². The van der Waals surface area contributed by atoms with Crippen molar-refractivity contribution in [2.75, 3.05) is 13.7 Å². The highest BCUT2D eigenvalue weighted by Gasteiger charge is 2.53. The molecule has 3 rings (SSSR count). The normalized spacial score (nSPS) is 22.7. The average molecular weight is 329 g/mol. The SMILES string of the molecule is COC(=O)[C@]1(NC(=O)c2ccccc2)N=NC[C@H]1c1cccs1. The molecule has 1 aromatic heterocycles. The summed E-state index contributed by atoms with van der Waals surface area (Å²) in [5.41, 5.74) is -1.07. The first-order valence-corrected chi connectivity index (χ1v) is 7.93. The molecule has 0 aliphatic carbocycles. The summed E-state index contributed by atoms with van der Waals surface area (Å²) >= 11 is 1.49. The minimum atomic E-state index is -1.52. The number of methoxy groups -OCH3 is 1. The predicted molar refractivity (Wildman–Crippen MR) is 85.4 cm³/mol. The van der Waals surface area contributed by atoms with Crippen molar-refractivity contribution in [1.82, 2.24) is 5.32 Å². The minimum absolute atomic E-state index is 0.324. The molecular weight excluding hydrogens is 314 g/mol. The fourth-order valence-electron chi connectivity index (χ4n) is 2.56. The van der Waals surface area contributed by atoms with Crippen LogP contribution in [0.25, 0.3) is 0 Å². The van der Waals surface area contributed by atoms with Crippen LogP contribution in [0.3, 0.4) is 0 Å². The number of hydrogen-bond acceptors (Lipinski definition) is 6. The Labute approximate surface area is 137 Å². The van der Waals surface area contributed by atoms with Crippen LogP contribution in [0.5, 0.6) is 0 Å². The fraction of sp³-hybridized carbons (Fsp3) is 0.250. The monoisotopic (exact) mass is 329 g/mol. The molecule has 0 bridgehead atoms. The van der Waals surface area contributed by atoms with Gasteiger partial charge in [-0.15, -0.1) is 11.3 Å². The molecule has 1 aliphatic rings. The van der Waals surface area contributed by atoms with Crippen molar-refractivity contribution in [1.29, 1.82) is 0 Å². The Bertz CT molecular complexity index is 730. The lowest BCUT2D eigenvalue weighted by molar-refractivity contribution is -0.148. The van der Waals surface area contributed by atoms with Gasteiger partial charge in [-0.1, -0.05) is 24.3 Å². The van der Waals surface area contributed by atoms with E-state index in [-0.39, 0.29) is 5.92 Å². The molecular formula is C16H15N3O3S. The number of thiophene rings is 1. The van der Waals surface area contributed by atoms with Crippen molar-refractivity contribution in [2.45, 2.75) is 11.6 Å². The highest BCUT2D eigenvalue weighted by molar-refractivity contribution is 7.10. The molecule has 0 saturated heterocycles. The molecule has 1 amide bonds. The summed E-state index contributed by atoms with van der Waals surface area (Å²) in [5, 5.41) is 12.7. The van der Waals surface area contributed by atoms with E-state index in [4.69, 9.17) is 4.74 Å². The van der Waals surface area contributed by atoms with Gasteiger partial charge in [0.1, 0.15) is 0 Å². The van der Waals surface area contributed by atoms with E-state index in [1.165, 1.54) is 18.4 Å². The van der Waals surface area contributed by atoms with Gasteiger partial charge in [-0.25, -0.2) is 4.79 Å². The molecule has 1 N–H and O–H groups in total. The Hall–Kier alpha value is -2.54. The highest BCUT2D eigenvalue weighted by atomic mass is 32.1. The molecule has 2 atom stereocenters. The van der Waals surface area contributed by atoms with Gasteiger partial charge >= 0.3 is 5.97 Å². The lowest BCUT2D eigenvalue weighted by atomic mass is 9.92. The van der Waals surface area contributed by atoms with Gasteiger partial charge in [0.2, 0.25) is 0 Å². The van der Waals surface area contributed by atoms with Gasteiger partial charge in [-0.05, 0) is 23.6 Å². The van der Waals surface area contributed by atoms with Crippen LogP contribution in [0.1, 0.15) is 21.2 Å². The van der Waals surface area contributed by atoms with Crippen molar-refractivity contribution in [3.63, 3.8) is 0 Å². The lowest BCUT2D eigenvalue weighted by Crippen LogP contribution is -2.56. The van der Waals surface area contributed by atoms with E-state index in [1.54, 1.807) is 24.3 Å². The molecule has 0 radical (unpaired) electrons. The number of nitrogens with zero attached hydrogens (tertiary/aromatic N) is 2. The van der Waals surface area contributed by atoms with Crippen molar-refractivity contribution >= 4 is 23.2 Å². The molecule has 2 heterocycles. The maximum Gasteiger partial charge on any atom is 0.357 e. The van der Waals surface area contributed by atoms with Crippen molar-refractivity contribution in [3.05, 3.63) is 58.3 Å². The smallest absolute Gasteiger partial charge is 0.357 e. The van der Waals surface area contributed by atoms with Crippen LogP contribution in [-0.2, 0) is 9.53 Å². The fourth-order valence-corrected chi connectivity index (χ4v) is 3.44. The number of carbonyl (C=O) groups excluding carboxylic acids is 2. The summed E-state index contributed by atoms with van der Waals surface area (Å²) < 4.78 is 4.90. The molecule has 0 fully saturated rings. The first-order chi connectivity index (χ1) is 11.2. The highest BCUT2D eigenvalue weighted by Crippen LogP contribution is 2.38. The van der Waals surface area contributed by atoms with Gasteiger partial charge in [-0.2, -0.15) is 10.2 Å². The van der Waals surface area contributed by atoms with Gasteiger partial charge in [0.25, 0.3) is 11.6 Å². The minimum Gasteiger partial charge on any atom is -0.466 e. The Morgan fingerprint density at radius 1 is 1.26 bits per heavy atom. The molecule has 118 valence electrons. The Balaban J connectivity index is 1.96. The van der Waals surface area contributed by atoms with Crippen LogP contribution in [0, 0.1) is 0 Å². The quantitative estimate of drug-likeness (QED) is 0.876. The average Bonchev–Trinajstić information content (AvgIpc) is 3.24. The van der Waals surface area contributed by atoms with E-state index in [9.17, 15) is 9.59 Å². The second kappa shape index (κ2) is 6.29. The second-order valence-corrected chi connectivity index (χ2v) is 6.05. The maximum absolute atomic E-state index is 12.5. The van der Waals surface area contributed by atoms with Gasteiger partial charge in [0.15, 0.2) is 0 Å². The van der Waals surface area contributed by atoms with Crippen LogP contribution >= 0.6 is 11.3 Å². The molecule has 0 spiro atoms. The third-order valence-electron chi connectivity index (χ3n) is 3.72. The number of benzene rings is 1. The zero-order valence-electron chi connectivity index (χ0n) is 12.4. The topological polar surface area (TPSA) is 80.1 Å². The zero-order chi connectivity index (χ0) is 16.3. The Morgan fingerprint density at radius 2 is 2.04 bits per heavy atom. The van der Waals surface area contributed by atoms with Crippen molar-refractivity contribution < 1.29 is 14.3 Å². The number of esters is 1. The summed E-state index contributed by atoms with van der Waals surface area (Å²) in [6, 6.07) is 12.5. The number of hydrogen-bond donors (Lipinski definition) is 1. The van der Waals surface area contributed by atoms with Crippen LogP contribution in [0.2, 0.25) is 0 Å². The van der Waals surface area contributed by atoms with E-state index in [2.05, 4.69) is 15.5 Å². The van der Waals surface area contributed by atoms with E-state index < -0.39 is 17.5 Å². The van der Waals surface area contributed by atoms with E-state index in [0.717, 1.165) is 4.88 Å². The summed E-state index contributed by atoms with van der Waals surface area (Å²) in [4.78, 5) is 25.9. The van der Waals surface area contributed by atoms with E-state index in [0.29, 0.717) is 12.1 Å². The molecule has 0 unspecified atom stereocenters. The first kappa shape index (κ1) is 15.4. The second-order valence-electron chi connectivity index (χ2n) is 5.07. The molecule has 1 aliphatic heterocycles. The van der Waals surface area contributed by atoms with Crippen molar-refractivity contribution in [3.8, 4) is 0 Å². The van der Waals surface area contributed by atoms with Gasteiger partial charge in [0.05, 0.1) is 19.6 Å². The lowest BCUT2D eigenvalue weighted by Gasteiger charge is -2.29. The molecule has 1 aromatic carbocycles. The maximum atomic E-state index is 12.5. The molecule has 6 nitrogen and oxygen atoms in total. The van der Waals surface area contributed by atoms with Crippen molar-refractivity contribution in [2.24, 2.45) is 10.2 Å². The predicted octanol–water partition coefficient (Wildman–Crippen LogP) is 2.60. The number of azo groups is 1. The molecule has 23 heavy (non-hydrogen) atoms. The Kier molecular flexibility index (Phi) is 4.20. The van der Waals surface area contributed by atoms with E-state index in [1.807, 2.05) is 23.6 Å².